The van der Waals surface area contributed by atoms with Crippen LogP contribution in [0.5, 0.6) is 0 Å². The summed E-state index contributed by atoms with van der Waals surface area (Å²) in [5, 5.41) is 13.9. The van der Waals surface area contributed by atoms with Gasteiger partial charge in [0.15, 0.2) is 0 Å². The molecule has 0 atom stereocenters. The van der Waals surface area contributed by atoms with E-state index in [1.807, 2.05) is 54.6 Å². The van der Waals surface area contributed by atoms with Crippen LogP contribution in [0.2, 0.25) is 0 Å². The minimum Gasteiger partial charge on any atom is -0.278 e. The van der Waals surface area contributed by atoms with Gasteiger partial charge < -0.3 is 0 Å². The summed E-state index contributed by atoms with van der Waals surface area (Å²) in [5.74, 6) is -0.390. The molecule has 0 unspecified atom stereocenters. The predicted octanol–water partition coefficient (Wildman–Crippen LogP) is 3.76. The van der Waals surface area contributed by atoms with Crippen molar-refractivity contribution in [1.29, 1.82) is 0 Å². The number of nitrogens with one attached hydrogen (secondary N) is 2. The van der Waals surface area contributed by atoms with Crippen LogP contribution in [-0.4, -0.2) is 31.7 Å². The number of primary sulfonamides is 1. The van der Waals surface area contributed by atoms with Gasteiger partial charge in [-0.05, 0) is 48.0 Å². The fourth-order valence-electron chi connectivity index (χ4n) is 3.26. The van der Waals surface area contributed by atoms with E-state index in [1.54, 1.807) is 18.2 Å². The van der Waals surface area contributed by atoms with Crippen molar-refractivity contribution in [2.24, 2.45) is 15.3 Å². The van der Waals surface area contributed by atoms with Gasteiger partial charge in [0.1, 0.15) is 0 Å². The van der Waals surface area contributed by atoms with E-state index in [-0.39, 0.29) is 10.8 Å². The summed E-state index contributed by atoms with van der Waals surface area (Å²) in [6.07, 6.45) is 6.57. The molecule has 3 aromatic carbocycles. The molecule has 1 aromatic heterocycles. The molecule has 1 amide bonds. The number of anilines is 1. The lowest BCUT2D eigenvalue weighted by Gasteiger charge is -2.07. The monoisotopic (exact) mass is 498 g/mol. The number of pyridine rings is 1. The van der Waals surface area contributed by atoms with Crippen LogP contribution in [0, 0.1) is 0 Å². The smallest absolute Gasteiger partial charge is 0.272 e. The Hall–Kier alpha value is -4.67. The fourth-order valence-corrected chi connectivity index (χ4v) is 3.77. The molecule has 0 saturated carbocycles. The summed E-state index contributed by atoms with van der Waals surface area (Å²) in [5.41, 5.74) is 8.36. The first-order valence-electron chi connectivity index (χ1n) is 10.8. The maximum Gasteiger partial charge on any atom is 0.272 e. The molecule has 0 fully saturated rings. The van der Waals surface area contributed by atoms with Crippen LogP contribution in [0.15, 0.2) is 106 Å². The molecular weight excluding hydrogens is 476 g/mol. The molecule has 0 spiro atoms. The van der Waals surface area contributed by atoms with Crippen LogP contribution in [0.25, 0.3) is 17.0 Å². The van der Waals surface area contributed by atoms with E-state index in [9.17, 15) is 13.2 Å². The Morgan fingerprint density at radius 3 is 2.39 bits per heavy atom. The van der Waals surface area contributed by atoms with Gasteiger partial charge in [-0.2, -0.15) is 10.2 Å². The molecule has 4 N–H and O–H groups in total. The number of nitrogens with zero attached hydrogens (tertiary/aromatic N) is 3. The molecule has 0 aliphatic heterocycles. The van der Waals surface area contributed by atoms with Crippen molar-refractivity contribution < 1.29 is 13.2 Å². The van der Waals surface area contributed by atoms with E-state index in [2.05, 4.69) is 26.0 Å². The lowest BCUT2D eigenvalue weighted by Crippen LogP contribution is -2.18. The van der Waals surface area contributed by atoms with Crippen LogP contribution in [0.3, 0.4) is 0 Å². The molecule has 4 aromatic rings. The molecule has 36 heavy (non-hydrogen) atoms. The van der Waals surface area contributed by atoms with Crippen LogP contribution in [-0.2, 0) is 10.0 Å². The summed E-state index contributed by atoms with van der Waals surface area (Å²) >= 11 is 0. The Morgan fingerprint density at radius 2 is 1.64 bits per heavy atom. The number of rotatable bonds is 8. The zero-order chi connectivity index (χ0) is 25.4. The second-order valence-electron chi connectivity index (χ2n) is 7.54. The molecule has 9 nitrogen and oxygen atoms in total. The molecule has 0 aliphatic carbocycles. The Balaban J connectivity index is 1.48. The fraction of sp³-hybridized carbons (Fsp3) is 0. The minimum absolute atomic E-state index is 0.00194. The van der Waals surface area contributed by atoms with Crippen LogP contribution in [0.1, 0.15) is 21.6 Å². The number of carbonyl (C=O) groups excluding carboxylic acids is 1. The van der Waals surface area contributed by atoms with Gasteiger partial charge in [-0.15, -0.1) is 0 Å². The van der Waals surface area contributed by atoms with Gasteiger partial charge in [0.05, 0.1) is 33.6 Å². The van der Waals surface area contributed by atoms with Gasteiger partial charge in [0.25, 0.3) is 5.91 Å². The number of sulfonamides is 1. The Bertz CT molecular complexity index is 1560. The SMILES string of the molecule is NS(=O)(=O)c1ccc(N/N=C/c2cc(C(=O)N/N=C/C=C/c3ccccc3)c3ccccc3n2)cc1. The molecule has 10 heteroatoms. The summed E-state index contributed by atoms with van der Waals surface area (Å²) in [6.45, 7) is 0. The summed E-state index contributed by atoms with van der Waals surface area (Å²) in [4.78, 5) is 17.4. The molecular formula is C26H22N6O3S. The second-order valence-corrected chi connectivity index (χ2v) is 9.10. The van der Waals surface area contributed by atoms with Crippen molar-refractivity contribution in [3.8, 4) is 0 Å². The van der Waals surface area contributed by atoms with Crippen LogP contribution < -0.4 is 16.0 Å². The van der Waals surface area contributed by atoms with E-state index in [4.69, 9.17) is 5.14 Å². The van der Waals surface area contributed by atoms with Gasteiger partial charge in [-0.25, -0.2) is 24.0 Å². The number of para-hydroxylation sites is 1. The minimum atomic E-state index is -3.77. The van der Waals surface area contributed by atoms with E-state index in [0.29, 0.717) is 27.8 Å². The average Bonchev–Trinajstić information content (AvgIpc) is 2.88. The van der Waals surface area contributed by atoms with Gasteiger partial charge in [-0.3, -0.25) is 10.2 Å². The average molecular weight is 499 g/mol. The molecule has 180 valence electrons. The number of hydrogen-bond acceptors (Lipinski definition) is 7. The first-order valence-corrected chi connectivity index (χ1v) is 12.3. The van der Waals surface area contributed by atoms with Crippen LogP contribution in [0.4, 0.5) is 5.69 Å². The highest BCUT2D eigenvalue weighted by Crippen LogP contribution is 2.18. The van der Waals surface area contributed by atoms with E-state index in [1.165, 1.54) is 36.7 Å². The summed E-state index contributed by atoms with van der Waals surface area (Å²) in [6, 6.07) is 24.4. The number of hydrogen-bond donors (Lipinski definition) is 3. The van der Waals surface area contributed by atoms with Crippen molar-refractivity contribution in [1.82, 2.24) is 10.4 Å². The molecule has 4 rings (SSSR count). The number of aromatic nitrogens is 1. The van der Waals surface area contributed by atoms with Crippen molar-refractivity contribution in [2.75, 3.05) is 5.43 Å². The Labute approximate surface area is 208 Å². The van der Waals surface area contributed by atoms with Gasteiger partial charge in [0, 0.05) is 11.6 Å². The quantitative estimate of drug-likeness (QED) is 0.251. The highest BCUT2D eigenvalue weighted by molar-refractivity contribution is 7.89. The zero-order valence-electron chi connectivity index (χ0n) is 18.9. The number of hydrazone groups is 2. The Morgan fingerprint density at radius 1 is 0.917 bits per heavy atom. The first kappa shape index (κ1) is 24.5. The zero-order valence-corrected chi connectivity index (χ0v) is 19.8. The summed E-state index contributed by atoms with van der Waals surface area (Å²) in [7, 11) is -3.77. The van der Waals surface area contributed by atoms with Gasteiger partial charge >= 0.3 is 0 Å². The number of carbonyl (C=O) groups is 1. The van der Waals surface area contributed by atoms with Crippen LogP contribution >= 0.6 is 0 Å². The van der Waals surface area contributed by atoms with E-state index in [0.717, 1.165) is 5.56 Å². The lowest BCUT2D eigenvalue weighted by atomic mass is 10.1. The highest BCUT2D eigenvalue weighted by atomic mass is 32.2. The standard InChI is InChI=1S/C26H22N6O3S/c27-36(34,35)22-14-12-20(13-15-22)31-29-18-21-17-24(23-10-4-5-11-25(23)30-21)26(33)32-28-16-6-9-19-7-2-1-3-8-19/h1-18,31H,(H,32,33)(H2,27,34,35)/b9-6+,28-16+,29-18+. The van der Waals surface area contributed by atoms with Crippen molar-refractivity contribution in [2.45, 2.75) is 4.90 Å². The van der Waals surface area contributed by atoms with Gasteiger partial charge in [0.2, 0.25) is 10.0 Å². The Kier molecular flexibility index (Phi) is 7.59. The molecule has 0 radical (unpaired) electrons. The number of amides is 1. The second kappa shape index (κ2) is 11.2. The normalized spacial score (nSPS) is 12.0. The predicted molar refractivity (Wildman–Crippen MR) is 142 cm³/mol. The third-order valence-electron chi connectivity index (χ3n) is 4.97. The number of nitrogens with two attached hydrogens (primary N) is 1. The largest absolute Gasteiger partial charge is 0.278 e. The first-order chi connectivity index (χ1) is 17.4. The third kappa shape index (κ3) is 6.47. The molecule has 1 heterocycles. The van der Waals surface area contributed by atoms with E-state index >= 15 is 0 Å². The van der Waals surface area contributed by atoms with Gasteiger partial charge in [-0.1, -0.05) is 54.6 Å². The maximum atomic E-state index is 12.9. The molecule has 0 aliphatic rings. The number of allylic oxidation sites excluding steroid dienone is 1. The van der Waals surface area contributed by atoms with Crippen molar-refractivity contribution in [3.05, 3.63) is 108 Å². The number of benzene rings is 3. The van der Waals surface area contributed by atoms with Crippen molar-refractivity contribution >= 4 is 51.0 Å². The molecule has 0 saturated heterocycles. The third-order valence-corrected chi connectivity index (χ3v) is 5.90. The number of fused-ring (bicyclic) bond motifs is 1. The maximum absolute atomic E-state index is 12.9. The summed E-state index contributed by atoms with van der Waals surface area (Å²) < 4.78 is 22.7. The lowest BCUT2D eigenvalue weighted by molar-refractivity contribution is 0.0956. The van der Waals surface area contributed by atoms with E-state index < -0.39 is 10.0 Å². The van der Waals surface area contributed by atoms with Crippen molar-refractivity contribution in [3.63, 3.8) is 0 Å². The topological polar surface area (TPSA) is 139 Å². The highest BCUT2D eigenvalue weighted by Gasteiger charge is 2.12. The molecule has 0 bridgehead atoms.